The number of ether oxygens (including phenoxy) is 2. The summed E-state index contributed by atoms with van der Waals surface area (Å²) in [4.78, 5) is 0. The molecule has 0 spiro atoms. The van der Waals surface area contributed by atoms with E-state index >= 15 is 0 Å². The van der Waals surface area contributed by atoms with E-state index in [0.29, 0.717) is 6.54 Å². The number of nitrogens with two attached hydrogens (primary N) is 1. The maximum atomic E-state index is 5.85. The van der Waals surface area contributed by atoms with Gasteiger partial charge >= 0.3 is 0 Å². The zero-order valence-corrected chi connectivity index (χ0v) is 12.0. The lowest BCUT2D eigenvalue weighted by Gasteiger charge is -2.20. The molecule has 1 atom stereocenters. The van der Waals surface area contributed by atoms with E-state index < -0.39 is 0 Å². The second-order valence-electron chi connectivity index (χ2n) is 4.21. The Labute approximate surface area is 115 Å². The fraction of sp³-hybridized carbons (Fsp3) is 0.467. The fourth-order valence-corrected chi connectivity index (χ4v) is 1.93. The van der Waals surface area contributed by atoms with Crippen molar-refractivity contribution in [1.82, 2.24) is 5.32 Å². The number of hydrogen-bond acceptors (Lipinski definition) is 4. The van der Waals surface area contributed by atoms with Crippen molar-refractivity contribution in [1.29, 1.82) is 0 Å². The van der Waals surface area contributed by atoms with Gasteiger partial charge in [-0.15, -0.1) is 0 Å². The van der Waals surface area contributed by atoms with Crippen LogP contribution in [-0.2, 0) is 0 Å². The second-order valence-corrected chi connectivity index (χ2v) is 4.21. The molecule has 1 unspecified atom stereocenters. The normalized spacial score (nSPS) is 12.6. The fourth-order valence-electron chi connectivity index (χ4n) is 1.93. The lowest BCUT2D eigenvalue weighted by molar-refractivity contribution is 0.384. The number of nitrogens with one attached hydrogen (secondary N) is 1. The first-order valence-corrected chi connectivity index (χ1v) is 6.53. The Morgan fingerprint density at radius 3 is 2.68 bits per heavy atom. The van der Waals surface area contributed by atoms with Crippen molar-refractivity contribution in [3.8, 4) is 11.5 Å². The van der Waals surface area contributed by atoms with Gasteiger partial charge in [0.05, 0.1) is 14.2 Å². The van der Waals surface area contributed by atoms with E-state index in [0.717, 1.165) is 30.0 Å². The minimum absolute atomic E-state index is 0.0890. The predicted octanol–water partition coefficient (Wildman–Crippen LogP) is 2.26. The summed E-state index contributed by atoms with van der Waals surface area (Å²) in [7, 11) is 3.30. The molecular weight excluding hydrogens is 240 g/mol. The van der Waals surface area contributed by atoms with Crippen molar-refractivity contribution >= 4 is 0 Å². The molecule has 3 N–H and O–H groups in total. The highest BCUT2D eigenvalue weighted by Crippen LogP contribution is 2.29. The molecule has 0 saturated carbocycles. The Kier molecular flexibility index (Phi) is 7.00. The zero-order chi connectivity index (χ0) is 14.1. The van der Waals surface area contributed by atoms with E-state index in [2.05, 4.69) is 11.4 Å². The number of allylic oxidation sites excluding steroid dienone is 1. The van der Waals surface area contributed by atoms with Crippen LogP contribution < -0.4 is 20.5 Å². The second kappa shape index (κ2) is 8.56. The molecule has 0 saturated heterocycles. The molecule has 0 aliphatic heterocycles. The summed E-state index contributed by atoms with van der Waals surface area (Å²) < 4.78 is 10.6. The zero-order valence-electron chi connectivity index (χ0n) is 12.0. The van der Waals surface area contributed by atoms with Crippen LogP contribution in [0.1, 0.15) is 24.9 Å². The van der Waals surface area contributed by atoms with Gasteiger partial charge in [0.1, 0.15) is 11.5 Å². The molecule has 0 bridgehead atoms. The minimum Gasteiger partial charge on any atom is -0.497 e. The monoisotopic (exact) mass is 264 g/mol. The third-order valence-corrected chi connectivity index (χ3v) is 2.99. The van der Waals surface area contributed by atoms with Gasteiger partial charge in [-0.25, -0.2) is 0 Å². The molecule has 0 aliphatic carbocycles. The molecule has 19 heavy (non-hydrogen) atoms. The van der Waals surface area contributed by atoms with Gasteiger partial charge in [0.15, 0.2) is 0 Å². The van der Waals surface area contributed by atoms with Crippen molar-refractivity contribution in [3.05, 3.63) is 35.9 Å². The molecule has 4 nitrogen and oxygen atoms in total. The van der Waals surface area contributed by atoms with E-state index in [1.54, 1.807) is 14.2 Å². The number of rotatable bonds is 8. The van der Waals surface area contributed by atoms with Crippen LogP contribution in [0.3, 0.4) is 0 Å². The van der Waals surface area contributed by atoms with Crippen LogP contribution in [0.5, 0.6) is 11.5 Å². The van der Waals surface area contributed by atoms with Crippen molar-refractivity contribution in [3.63, 3.8) is 0 Å². The third-order valence-electron chi connectivity index (χ3n) is 2.99. The Bertz CT molecular complexity index is 405. The topological polar surface area (TPSA) is 56.5 Å². The van der Waals surface area contributed by atoms with Gasteiger partial charge in [0.25, 0.3) is 0 Å². The molecule has 0 radical (unpaired) electrons. The van der Waals surface area contributed by atoms with Gasteiger partial charge in [-0.05, 0) is 26.0 Å². The molecule has 1 rings (SSSR count). The van der Waals surface area contributed by atoms with Crippen LogP contribution in [-0.4, -0.2) is 27.3 Å². The van der Waals surface area contributed by atoms with E-state index in [-0.39, 0.29) is 6.04 Å². The van der Waals surface area contributed by atoms with E-state index in [1.807, 2.05) is 31.2 Å². The molecule has 0 amide bonds. The summed E-state index contributed by atoms with van der Waals surface area (Å²) in [5.74, 6) is 1.58. The summed E-state index contributed by atoms with van der Waals surface area (Å²) in [5.41, 5.74) is 6.91. The smallest absolute Gasteiger partial charge is 0.127 e. The first-order valence-electron chi connectivity index (χ1n) is 6.53. The van der Waals surface area contributed by atoms with Crippen molar-refractivity contribution in [2.24, 2.45) is 5.73 Å². The molecule has 0 aliphatic rings. The first-order chi connectivity index (χ1) is 9.26. The molecule has 1 aromatic rings. The molecule has 1 aromatic carbocycles. The summed E-state index contributed by atoms with van der Waals surface area (Å²) >= 11 is 0. The van der Waals surface area contributed by atoms with E-state index in [1.165, 1.54) is 0 Å². The highest BCUT2D eigenvalue weighted by Gasteiger charge is 2.14. The standard InChI is InChI=1S/C15H24N2O2/c1-4-5-6-9-17-14(11-16)13-8-7-12(18-2)10-15(13)19-3/h4-5,7-8,10,14,17H,6,9,11,16H2,1-3H3/b5-4+. The highest BCUT2D eigenvalue weighted by atomic mass is 16.5. The molecule has 106 valence electrons. The van der Waals surface area contributed by atoms with Crippen LogP contribution in [0, 0.1) is 0 Å². The van der Waals surface area contributed by atoms with Crippen LogP contribution >= 0.6 is 0 Å². The maximum Gasteiger partial charge on any atom is 0.127 e. The molecular formula is C15H24N2O2. The largest absolute Gasteiger partial charge is 0.497 e. The first kappa shape index (κ1) is 15.5. The molecule has 0 fully saturated rings. The average molecular weight is 264 g/mol. The van der Waals surface area contributed by atoms with Crippen molar-refractivity contribution in [2.75, 3.05) is 27.3 Å². The predicted molar refractivity (Wildman–Crippen MR) is 78.8 cm³/mol. The Hall–Kier alpha value is -1.52. The maximum absolute atomic E-state index is 5.85. The third kappa shape index (κ3) is 4.58. The van der Waals surface area contributed by atoms with Crippen LogP contribution in [0.15, 0.2) is 30.4 Å². The van der Waals surface area contributed by atoms with Gasteiger partial charge in [-0.3, -0.25) is 0 Å². The van der Waals surface area contributed by atoms with Gasteiger partial charge in [-0.2, -0.15) is 0 Å². The number of benzene rings is 1. The summed E-state index contributed by atoms with van der Waals surface area (Å²) in [6, 6.07) is 5.89. The summed E-state index contributed by atoms with van der Waals surface area (Å²) in [6.45, 7) is 3.44. The van der Waals surface area contributed by atoms with Gasteiger partial charge in [0, 0.05) is 24.2 Å². The lowest BCUT2D eigenvalue weighted by atomic mass is 10.1. The van der Waals surface area contributed by atoms with Crippen LogP contribution in [0.25, 0.3) is 0 Å². The Morgan fingerprint density at radius 2 is 2.11 bits per heavy atom. The van der Waals surface area contributed by atoms with Gasteiger partial charge in [0.2, 0.25) is 0 Å². The quantitative estimate of drug-likeness (QED) is 0.558. The van der Waals surface area contributed by atoms with Crippen LogP contribution in [0.2, 0.25) is 0 Å². The number of hydrogen-bond donors (Lipinski definition) is 2. The van der Waals surface area contributed by atoms with Gasteiger partial charge in [-0.1, -0.05) is 18.2 Å². The minimum atomic E-state index is 0.0890. The van der Waals surface area contributed by atoms with E-state index in [4.69, 9.17) is 15.2 Å². The average Bonchev–Trinajstić information content (AvgIpc) is 2.47. The number of methoxy groups -OCH3 is 2. The Balaban J connectivity index is 2.79. The Morgan fingerprint density at radius 1 is 1.32 bits per heavy atom. The summed E-state index contributed by atoms with van der Waals surface area (Å²) in [5, 5.41) is 3.44. The molecule has 4 heteroatoms. The van der Waals surface area contributed by atoms with E-state index in [9.17, 15) is 0 Å². The van der Waals surface area contributed by atoms with Crippen molar-refractivity contribution < 1.29 is 9.47 Å². The van der Waals surface area contributed by atoms with Gasteiger partial charge < -0.3 is 20.5 Å². The van der Waals surface area contributed by atoms with Crippen LogP contribution in [0.4, 0.5) is 0 Å². The van der Waals surface area contributed by atoms with Crippen molar-refractivity contribution in [2.45, 2.75) is 19.4 Å². The SMILES string of the molecule is C/C=C/CCNC(CN)c1ccc(OC)cc1OC. The molecule has 0 heterocycles. The highest BCUT2D eigenvalue weighted by molar-refractivity contribution is 5.42. The lowest BCUT2D eigenvalue weighted by Crippen LogP contribution is -2.29. The summed E-state index contributed by atoms with van der Waals surface area (Å²) in [6.07, 6.45) is 5.17. The molecule has 0 aromatic heterocycles.